The van der Waals surface area contributed by atoms with Gasteiger partial charge in [0.1, 0.15) is 5.82 Å². The van der Waals surface area contributed by atoms with E-state index in [0.29, 0.717) is 23.5 Å². The molecule has 0 N–H and O–H groups in total. The minimum Gasteiger partial charge on any atom is -0.305 e. The van der Waals surface area contributed by atoms with Crippen LogP contribution in [0.5, 0.6) is 0 Å². The quantitative estimate of drug-likeness (QED) is 0.732. The highest BCUT2D eigenvalue weighted by Crippen LogP contribution is 2.10. The van der Waals surface area contributed by atoms with E-state index in [1.165, 1.54) is 16.7 Å². The molecule has 0 fully saturated rings. The maximum atomic E-state index is 13.0. The standard InChI is InChI=1S/C10H8ClFN2O/c11-3-4-14-9-5-7(12)6-13-8(9)1-2-10(14)15/h1-2,5-6H,3-4H2. The molecule has 0 atom stereocenters. The van der Waals surface area contributed by atoms with Crippen LogP contribution in [0.25, 0.3) is 11.0 Å². The summed E-state index contributed by atoms with van der Waals surface area (Å²) in [4.78, 5) is 15.4. The van der Waals surface area contributed by atoms with Gasteiger partial charge in [0.2, 0.25) is 0 Å². The molecule has 2 heterocycles. The fraction of sp³-hybridized carbons (Fsp3) is 0.200. The second kappa shape index (κ2) is 3.98. The van der Waals surface area contributed by atoms with Crippen LogP contribution in [0, 0.1) is 5.82 Å². The van der Waals surface area contributed by atoms with Crippen molar-refractivity contribution in [2.45, 2.75) is 6.54 Å². The average molecular weight is 227 g/mol. The highest BCUT2D eigenvalue weighted by Gasteiger charge is 2.04. The highest BCUT2D eigenvalue weighted by atomic mass is 35.5. The molecule has 0 aromatic carbocycles. The summed E-state index contributed by atoms with van der Waals surface area (Å²) < 4.78 is 14.4. The zero-order chi connectivity index (χ0) is 10.8. The number of aryl methyl sites for hydroxylation is 1. The summed E-state index contributed by atoms with van der Waals surface area (Å²) in [5.41, 5.74) is 0.861. The van der Waals surface area contributed by atoms with Gasteiger partial charge < -0.3 is 4.57 Å². The third-order valence-electron chi connectivity index (χ3n) is 2.11. The Bertz CT molecular complexity index is 553. The van der Waals surface area contributed by atoms with Gasteiger partial charge in [-0.25, -0.2) is 4.39 Å². The molecular formula is C10H8ClFN2O. The smallest absolute Gasteiger partial charge is 0.251 e. The third-order valence-corrected chi connectivity index (χ3v) is 2.28. The molecule has 2 rings (SSSR count). The van der Waals surface area contributed by atoms with Gasteiger partial charge in [-0.2, -0.15) is 0 Å². The zero-order valence-electron chi connectivity index (χ0n) is 7.78. The number of rotatable bonds is 2. The van der Waals surface area contributed by atoms with E-state index in [2.05, 4.69) is 4.98 Å². The van der Waals surface area contributed by atoms with Crippen molar-refractivity contribution in [3.63, 3.8) is 0 Å². The SMILES string of the molecule is O=c1ccc2ncc(F)cc2n1CCCl. The van der Waals surface area contributed by atoms with Gasteiger partial charge in [0.25, 0.3) is 5.56 Å². The summed E-state index contributed by atoms with van der Waals surface area (Å²) in [7, 11) is 0. The predicted octanol–water partition coefficient (Wildman–Crippen LogP) is 1.77. The maximum absolute atomic E-state index is 13.0. The van der Waals surface area contributed by atoms with Crippen LogP contribution in [-0.2, 0) is 6.54 Å². The lowest BCUT2D eigenvalue weighted by Gasteiger charge is -2.06. The van der Waals surface area contributed by atoms with Gasteiger partial charge in [0.05, 0.1) is 17.2 Å². The van der Waals surface area contributed by atoms with Crippen LogP contribution < -0.4 is 5.56 Å². The minimum atomic E-state index is -0.462. The summed E-state index contributed by atoms with van der Waals surface area (Å²) in [5.74, 6) is -0.161. The van der Waals surface area contributed by atoms with Crippen LogP contribution in [0.15, 0.2) is 29.2 Å². The molecule has 0 spiro atoms. The summed E-state index contributed by atoms with van der Waals surface area (Å²) >= 11 is 5.57. The molecule has 0 amide bonds. The van der Waals surface area contributed by atoms with E-state index in [1.54, 1.807) is 6.07 Å². The largest absolute Gasteiger partial charge is 0.305 e. The number of pyridine rings is 2. The Hall–Kier alpha value is -1.42. The highest BCUT2D eigenvalue weighted by molar-refractivity contribution is 6.17. The molecule has 0 bridgehead atoms. The van der Waals surface area contributed by atoms with Crippen LogP contribution in [-0.4, -0.2) is 15.4 Å². The van der Waals surface area contributed by atoms with E-state index in [9.17, 15) is 9.18 Å². The lowest BCUT2D eigenvalue weighted by molar-refractivity contribution is 0.621. The average Bonchev–Trinajstić information content (AvgIpc) is 2.23. The second-order valence-electron chi connectivity index (χ2n) is 3.07. The number of nitrogens with zero attached hydrogens (tertiary/aromatic N) is 2. The predicted molar refractivity (Wildman–Crippen MR) is 56.7 cm³/mol. The molecule has 0 aliphatic carbocycles. The van der Waals surface area contributed by atoms with E-state index in [0.717, 1.165) is 6.20 Å². The summed E-state index contributed by atoms with van der Waals surface area (Å²) in [6.45, 7) is 0.350. The molecule has 0 saturated carbocycles. The van der Waals surface area contributed by atoms with E-state index < -0.39 is 5.82 Å². The molecule has 0 aliphatic heterocycles. The van der Waals surface area contributed by atoms with Crippen molar-refractivity contribution in [3.05, 3.63) is 40.6 Å². The first-order valence-corrected chi connectivity index (χ1v) is 4.97. The molecule has 3 nitrogen and oxygen atoms in total. The first-order chi connectivity index (χ1) is 7.22. The van der Waals surface area contributed by atoms with Gasteiger partial charge in [-0.05, 0) is 6.07 Å². The Morgan fingerprint density at radius 2 is 2.27 bits per heavy atom. The van der Waals surface area contributed by atoms with Crippen molar-refractivity contribution in [1.82, 2.24) is 9.55 Å². The van der Waals surface area contributed by atoms with Crippen LogP contribution >= 0.6 is 11.6 Å². The fourth-order valence-electron chi connectivity index (χ4n) is 1.46. The molecule has 15 heavy (non-hydrogen) atoms. The number of halogens is 2. The van der Waals surface area contributed by atoms with Crippen LogP contribution in [0.1, 0.15) is 0 Å². The Balaban J connectivity index is 2.78. The Morgan fingerprint density at radius 1 is 1.47 bits per heavy atom. The molecule has 78 valence electrons. The second-order valence-corrected chi connectivity index (χ2v) is 3.45. The third kappa shape index (κ3) is 1.85. The normalized spacial score (nSPS) is 10.8. The van der Waals surface area contributed by atoms with Crippen molar-refractivity contribution in [2.75, 3.05) is 5.88 Å². The first-order valence-electron chi connectivity index (χ1n) is 4.43. The van der Waals surface area contributed by atoms with Gasteiger partial charge in [-0.3, -0.25) is 9.78 Å². The summed E-state index contributed by atoms with van der Waals surface area (Å²) in [5, 5.41) is 0. The van der Waals surface area contributed by atoms with E-state index in [-0.39, 0.29) is 5.56 Å². The molecule has 2 aromatic heterocycles. The van der Waals surface area contributed by atoms with E-state index in [4.69, 9.17) is 11.6 Å². The lowest BCUT2D eigenvalue weighted by Crippen LogP contribution is -2.20. The minimum absolute atomic E-state index is 0.199. The lowest BCUT2D eigenvalue weighted by atomic mass is 10.3. The number of hydrogen-bond acceptors (Lipinski definition) is 2. The molecule has 0 saturated heterocycles. The van der Waals surface area contributed by atoms with Crippen molar-refractivity contribution in [3.8, 4) is 0 Å². The molecule has 0 radical (unpaired) electrons. The number of aromatic nitrogens is 2. The van der Waals surface area contributed by atoms with Crippen molar-refractivity contribution < 1.29 is 4.39 Å². The van der Waals surface area contributed by atoms with E-state index >= 15 is 0 Å². The Labute approximate surface area is 90.1 Å². The summed E-state index contributed by atoms with van der Waals surface area (Å²) in [6, 6.07) is 4.26. The van der Waals surface area contributed by atoms with Gasteiger partial charge in [0.15, 0.2) is 0 Å². The van der Waals surface area contributed by atoms with Gasteiger partial charge in [-0.1, -0.05) is 0 Å². The molecule has 2 aromatic rings. The van der Waals surface area contributed by atoms with Gasteiger partial charge >= 0.3 is 0 Å². The van der Waals surface area contributed by atoms with Crippen LogP contribution in [0.2, 0.25) is 0 Å². The molecule has 0 unspecified atom stereocenters. The van der Waals surface area contributed by atoms with E-state index in [1.807, 2.05) is 0 Å². The Kier molecular flexibility index (Phi) is 2.68. The zero-order valence-corrected chi connectivity index (χ0v) is 8.54. The summed E-state index contributed by atoms with van der Waals surface area (Å²) in [6.07, 6.45) is 1.12. The van der Waals surface area contributed by atoms with Crippen molar-refractivity contribution in [1.29, 1.82) is 0 Å². The van der Waals surface area contributed by atoms with Gasteiger partial charge in [0, 0.05) is 24.6 Å². The first kappa shape index (κ1) is 10.1. The van der Waals surface area contributed by atoms with Crippen LogP contribution in [0.4, 0.5) is 4.39 Å². The van der Waals surface area contributed by atoms with Crippen molar-refractivity contribution in [2.24, 2.45) is 0 Å². The molecule has 0 aliphatic rings. The Morgan fingerprint density at radius 3 is 3.00 bits per heavy atom. The molecule has 5 heteroatoms. The number of hydrogen-bond donors (Lipinski definition) is 0. The maximum Gasteiger partial charge on any atom is 0.251 e. The number of alkyl halides is 1. The molecular weight excluding hydrogens is 219 g/mol. The topological polar surface area (TPSA) is 34.9 Å². The van der Waals surface area contributed by atoms with Crippen molar-refractivity contribution >= 4 is 22.6 Å². The van der Waals surface area contributed by atoms with Gasteiger partial charge in [-0.15, -0.1) is 11.6 Å². The fourth-order valence-corrected chi connectivity index (χ4v) is 1.63. The number of fused-ring (bicyclic) bond motifs is 1. The van der Waals surface area contributed by atoms with Crippen LogP contribution in [0.3, 0.4) is 0 Å². The monoisotopic (exact) mass is 226 g/mol.